The van der Waals surface area contributed by atoms with Crippen molar-refractivity contribution in [2.75, 3.05) is 0 Å². The van der Waals surface area contributed by atoms with Gasteiger partial charge in [-0.1, -0.05) is 34.5 Å². The van der Waals surface area contributed by atoms with Gasteiger partial charge >= 0.3 is 0 Å². The molecule has 0 N–H and O–H groups in total. The molecule has 118 valence electrons. The molecule has 3 rings (SSSR count). The molecule has 0 amide bonds. The third-order valence-electron chi connectivity index (χ3n) is 3.28. The third kappa shape index (κ3) is 3.68. The Balaban J connectivity index is 1.86. The van der Waals surface area contributed by atoms with Crippen molar-refractivity contribution in [3.05, 3.63) is 64.0 Å². The van der Waals surface area contributed by atoms with E-state index in [9.17, 15) is 4.39 Å². The number of aromatic nitrogens is 3. The molecule has 3 nitrogen and oxygen atoms in total. The molecule has 23 heavy (non-hydrogen) atoms. The zero-order valence-corrected chi connectivity index (χ0v) is 14.5. The monoisotopic (exact) mass is 367 g/mol. The van der Waals surface area contributed by atoms with Gasteiger partial charge in [0, 0.05) is 23.3 Å². The normalized spacial score (nSPS) is 11.0. The van der Waals surface area contributed by atoms with Crippen LogP contribution in [0, 0.1) is 5.82 Å². The molecule has 1 aromatic heterocycles. The van der Waals surface area contributed by atoms with E-state index in [2.05, 4.69) is 10.3 Å². The van der Waals surface area contributed by atoms with Crippen molar-refractivity contribution >= 4 is 35.0 Å². The van der Waals surface area contributed by atoms with Crippen LogP contribution in [-0.2, 0) is 12.8 Å². The van der Waals surface area contributed by atoms with Crippen LogP contribution in [0.1, 0.15) is 5.69 Å². The lowest BCUT2D eigenvalue weighted by Gasteiger charge is -2.06. The number of benzene rings is 2. The molecule has 0 fully saturated rings. The van der Waals surface area contributed by atoms with E-state index >= 15 is 0 Å². The highest BCUT2D eigenvalue weighted by Gasteiger charge is 2.14. The second kappa shape index (κ2) is 6.91. The van der Waals surface area contributed by atoms with Gasteiger partial charge in [0.25, 0.3) is 0 Å². The summed E-state index contributed by atoms with van der Waals surface area (Å²) in [4.78, 5) is 0.970. The topological polar surface area (TPSA) is 30.7 Å². The van der Waals surface area contributed by atoms with Gasteiger partial charge in [-0.3, -0.25) is 0 Å². The summed E-state index contributed by atoms with van der Waals surface area (Å²) in [6.07, 6.45) is 0. The Morgan fingerprint density at radius 3 is 2.52 bits per heavy atom. The van der Waals surface area contributed by atoms with Gasteiger partial charge in [0.1, 0.15) is 11.5 Å². The predicted octanol–water partition coefficient (Wildman–Crippen LogP) is 5.22. The molecule has 0 bridgehead atoms. The maximum atomic E-state index is 13.0. The Hall–Kier alpha value is -1.56. The van der Waals surface area contributed by atoms with Crippen LogP contribution in [0.25, 0.3) is 11.3 Å². The second-order valence-electron chi connectivity index (χ2n) is 4.88. The summed E-state index contributed by atoms with van der Waals surface area (Å²) in [5.74, 6) is 0.375. The molecule has 0 aliphatic heterocycles. The molecule has 1 heterocycles. The number of halogens is 3. The van der Waals surface area contributed by atoms with Crippen LogP contribution in [0.4, 0.5) is 4.39 Å². The van der Waals surface area contributed by atoms with Crippen molar-refractivity contribution < 1.29 is 4.39 Å². The maximum absolute atomic E-state index is 13.0. The number of aryl methyl sites for hydroxylation is 1. The summed E-state index contributed by atoms with van der Waals surface area (Å²) in [6, 6.07) is 11.8. The molecule has 0 unspecified atom stereocenters. The number of nitrogens with zero attached hydrogens (tertiary/aromatic N) is 3. The Morgan fingerprint density at radius 1 is 1.09 bits per heavy atom. The van der Waals surface area contributed by atoms with Gasteiger partial charge in [0.2, 0.25) is 0 Å². The standard InChI is InChI=1S/C16H12Cl2FN3S/c1-22-16(10-2-7-13(17)14(18)8-10)15(20-21-22)9-23-12-5-3-11(19)4-6-12/h2-8H,9H2,1H3. The highest BCUT2D eigenvalue weighted by molar-refractivity contribution is 7.98. The van der Waals surface area contributed by atoms with Crippen molar-refractivity contribution in [3.8, 4) is 11.3 Å². The maximum Gasteiger partial charge on any atom is 0.123 e. The van der Waals surface area contributed by atoms with E-state index in [0.29, 0.717) is 15.8 Å². The number of hydrogen-bond donors (Lipinski definition) is 0. The van der Waals surface area contributed by atoms with Crippen LogP contribution in [0.3, 0.4) is 0 Å². The first kappa shape index (κ1) is 16.3. The lowest BCUT2D eigenvalue weighted by molar-refractivity contribution is 0.626. The molecule has 0 saturated carbocycles. The molecule has 3 aromatic rings. The molecule has 0 radical (unpaired) electrons. The van der Waals surface area contributed by atoms with Gasteiger partial charge in [-0.25, -0.2) is 9.07 Å². The van der Waals surface area contributed by atoms with Crippen molar-refractivity contribution in [2.24, 2.45) is 7.05 Å². The second-order valence-corrected chi connectivity index (χ2v) is 6.74. The first-order valence-electron chi connectivity index (χ1n) is 6.77. The fourth-order valence-corrected chi connectivity index (χ4v) is 3.30. The van der Waals surface area contributed by atoms with Gasteiger partial charge < -0.3 is 0 Å². The minimum atomic E-state index is -0.245. The average molecular weight is 368 g/mol. The first-order chi connectivity index (χ1) is 11.0. The Kier molecular flexibility index (Phi) is 4.90. The van der Waals surface area contributed by atoms with Gasteiger partial charge in [-0.05, 0) is 36.4 Å². The highest BCUT2D eigenvalue weighted by Crippen LogP contribution is 2.32. The Labute approximate surface area is 147 Å². The summed E-state index contributed by atoms with van der Waals surface area (Å²) in [5, 5.41) is 9.30. The van der Waals surface area contributed by atoms with E-state index in [1.54, 1.807) is 40.7 Å². The van der Waals surface area contributed by atoms with Crippen molar-refractivity contribution in [1.29, 1.82) is 0 Å². The van der Waals surface area contributed by atoms with Crippen molar-refractivity contribution in [1.82, 2.24) is 15.0 Å². The molecule has 0 saturated heterocycles. The van der Waals surface area contributed by atoms with Crippen LogP contribution in [-0.4, -0.2) is 15.0 Å². The molecule has 0 aliphatic carbocycles. The Morgan fingerprint density at radius 2 is 1.83 bits per heavy atom. The smallest absolute Gasteiger partial charge is 0.123 e. The number of thioether (sulfide) groups is 1. The quantitative estimate of drug-likeness (QED) is 0.592. The number of rotatable bonds is 4. The molecule has 0 aliphatic rings. The lowest BCUT2D eigenvalue weighted by Crippen LogP contribution is -1.95. The minimum Gasteiger partial charge on any atom is -0.247 e. The molecular formula is C16H12Cl2FN3S. The molecule has 0 spiro atoms. The van der Waals surface area contributed by atoms with Crippen molar-refractivity contribution in [2.45, 2.75) is 10.6 Å². The molecular weight excluding hydrogens is 356 g/mol. The van der Waals surface area contributed by atoms with E-state index in [4.69, 9.17) is 23.2 Å². The molecule has 2 aromatic carbocycles. The SMILES string of the molecule is Cn1nnc(CSc2ccc(F)cc2)c1-c1ccc(Cl)c(Cl)c1. The zero-order valence-electron chi connectivity index (χ0n) is 12.1. The zero-order chi connectivity index (χ0) is 16.4. The van der Waals surface area contributed by atoms with E-state index in [0.717, 1.165) is 21.8 Å². The van der Waals surface area contributed by atoms with E-state index in [-0.39, 0.29) is 5.82 Å². The fraction of sp³-hybridized carbons (Fsp3) is 0.125. The van der Waals surface area contributed by atoms with Crippen LogP contribution in [0.5, 0.6) is 0 Å². The fourth-order valence-electron chi connectivity index (χ4n) is 2.18. The van der Waals surface area contributed by atoms with E-state index in [1.165, 1.54) is 12.1 Å². The molecule has 0 atom stereocenters. The summed E-state index contributed by atoms with van der Waals surface area (Å²) in [7, 11) is 1.83. The van der Waals surface area contributed by atoms with Gasteiger partial charge in [0.05, 0.1) is 15.7 Å². The highest BCUT2D eigenvalue weighted by atomic mass is 35.5. The Bertz CT molecular complexity index is 834. The van der Waals surface area contributed by atoms with Gasteiger partial charge in [-0.2, -0.15) is 0 Å². The van der Waals surface area contributed by atoms with E-state index in [1.807, 2.05) is 13.1 Å². The third-order valence-corrected chi connectivity index (χ3v) is 5.04. The van der Waals surface area contributed by atoms with Crippen LogP contribution < -0.4 is 0 Å². The average Bonchev–Trinajstić information content (AvgIpc) is 2.90. The van der Waals surface area contributed by atoms with Crippen LogP contribution in [0.2, 0.25) is 10.0 Å². The first-order valence-corrected chi connectivity index (χ1v) is 8.51. The van der Waals surface area contributed by atoms with Gasteiger partial charge in [-0.15, -0.1) is 16.9 Å². The lowest BCUT2D eigenvalue weighted by atomic mass is 10.1. The van der Waals surface area contributed by atoms with Crippen LogP contribution >= 0.6 is 35.0 Å². The summed E-state index contributed by atoms with van der Waals surface area (Å²) >= 11 is 13.6. The largest absolute Gasteiger partial charge is 0.247 e. The minimum absolute atomic E-state index is 0.245. The van der Waals surface area contributed by atoms with Gasteiger partial charge in [0.15, 0.2) is 0 Å². The summed E-state index contributed by atoms with van der Waals surface area (Å²) < 4.78 is 14.7. The predicted molar refractivity (Wildman–Crippen MR) is 92.4 cm³/mol. The van der Waals surface area contributed by atoms with E-state index < -0.39 is 0 Å². The van der Waals surface area contributed by atoms with Crippen LogP contribution in [0.15, 0.2) is 47.4 Å². The van der Waals surface area contributed by atoms with Crippen molar-refractivity contribution in [3.63, 3.8) is 0 Å². The summed E-state index contributed by atoms with van der Waals surface area (Å²) in [6.45, 7) is 0. The summed E-state index contributed by atoms with van der Waals surface area (Å²) in [5.41, 5.74) is 2.62. The molecule has 7 heteroatoms. The number of hydrogen-bond acceptors (Lipinski definition) is 3.